The summed E-state index contributed by atoms with van der Waals surface area (Å²) in [7, 11) is 1.74. The van der Waals surface area contributed by atoms with Crippen molar-refractivity contribution in [1.29, 1.82) is 0 Å². The van der Waals surface area contributed by atoms with Gasteiger partial charge in [0.25, 0.3) is 5.91 Å². The SMILES string of the molecule is COC1CCC2CC(CCNC(=O)C(C)Oc3ccccc3)C(=O)NC2C1. The number of fused-ring (bicyclic) bond motifs is 1. The molecule has 1 heterocycles. The Kier molecular flexibility index (Phi) is 6.72. The van der Waals surface area contributed by atoms with Gasteiger partial charge in [0, 0.05) is 25.6 Å². The minimum atomic E-state index is -0.568. The van der Waals surface area contributed by atoms with Crippen LogP contribution in [0.2, 0.25) is 0 Å². The number of rotatable bonds is 7. The zero-order chi connectivity index (χ0) is 19.2. The number of para-hydroxylation sites is 1. The van der Waals surface area contributed by atoms with Crippen LogP contribution in [0, 0.1) is 11.8 Å². The molecule has 2 N–H and O–H groups in total. The topological polar surface area (TPSA) is 76.7 Å². The van der Waals surface area contributed by atoms with Crippen molar-refractivity contribution in [2.24, 2.45) is 11.8 Å². The third-order valence-electron chi connectivity index (χ3n) is 5.78. The summed E-state index contributed by atoms with van der Waals surface area (Å²) in [6.07, 6.45) is 4.31. The van der Waals surface area contributed by atoms with Crippen molar-refractivity contribution in [3.05, 3.63) is 30.3 Å². The molecule has 3 rings (SSSR count). The van der Waals surface area contributed by atoms with Gasteiger partial charge in [-0.3, -0.25) is 9.59 Å². The van der Waals surface area contributed by atoms with Crippen LogP contribution in [0.3, 0.4) is 0 Å². The molecule has 1 aliphatic heterocycles. The molecule has 1 saturated heterocycles. The number of nitrogens with one attached hydrogen (secondary N) is 2. The van der Waals surface area contributed by atoms with E-state index >= 15 is 0 Å². The molecule has 5 atom stereocenters. The second kappa shape index (κ2) is 9.22. The lowest BCUT2D eigenvalue weighted by atomic mass is 9.74. The Morgan fingerprint density at radius 1 is 1.26 bits per heavy atom. The molecule has 0 radical (unpaired) electrons. The highest BCUT2D eigenvalue weighted by atomic mass is 16.5. The highest BCUT2D eigenvalue weighted by Gasteiger charge is 2.39. The van der Waals surface area contributed by atoms with E-state index in [2.05, 4.69) is 10.6 Å². The van der Waals surface area contributed by atoms with Crippen molar-refractivity contribution in [3.8, 4) is 5.75 Å². The van der Waals surface area contributed by atoms with E-state index in [4.69, 9.17) is 9.47 Å². The molecule has 1 aromatic carbocycles. The van der Waals surface area contributed by atoms with Crippen LogP contribution in [0.15, 0.2) is 30.3 Å². The zero-order valence-corrected chi connectivity index (χ0v) is 16.1. The lowest BCUT2D eigenvalue weighted by molar-refractivity contribution is -0.132. The summed E-state index contributed by atoms with van der Waals surface area (Å²) in [6, 6.07) is 9.53. The fourth-order valence-electron chi connectivity index (χ4n) is 4.16. The molecule has 1 saturated carbocycles. The Balaban J connectivity index is 1.41. The predicted octanol–water partition coefficient (Wildman–Crippen LogP) is 2.28. The highest BCUT2D eigenvalue weighted by Crippen LogP contribution is 2.35. The molecular weight excluding hydrogens is 344 g/mol. The second-order valence-electron chi connectivity index (χ2n) is 7.63. The average molecular weight is 374 g/mol. The van der Waals surface area contributed by atoms with Crippen LogP contribution in [-0.4, -0.2) is 43.7 Å². The number of ether oxygens (including phenoxy) is 2. The van der Waals surface area contributed by atoms with Gasteiger partial charge in [-0.1, -0.05) is 18.2 Å². The van der Waals surface area contributed by atoms with E-state index < -0.39 is 6.10 Å². The summed E-state index contributed by atoms with van der Waals surface area (Å²) in [5, 5.41) is 6.06. The van der Waals surface area contributed by atoms with Crippen molar-refractivity contribution in [2.75, 3.05) is 13.7 Å². The Labute approximate surface area is 161 Å². The number of amides is 2. The number of carbonyl (C=O) groups is 2. The van der Waals surface area contributed by atoms with Gasteiger partial charge < -0.3 is 20.1 Å². The lowest BCUT2D eigenvalue weighted by Gasteiger charge is -2.41. The van der Waals surface area contributed by atoms with Gasteiger partial charge in [0.2, 0.25) is 5.91 Å². The van der Waals surface area contributed by atoms with E-state index in [-0.39, 0.29) is 29.9 Å². The number of benzene rings is 1. The van der Waals surface area contributed by atoms with Crippen molar-refractivity contribution in [2.45, 2.75) is 57.3 Å². The smallest absolute Gasteiger partial charge is 0.260 e. The van der Waals surface area contributed by atoms with Crippen LogP contribution >= 0.6 is 0 Å². The number of carbonyl (C=O) groups excluding carboxylic acids is 2. The molecule has 5 unspecified atom stereocenters. The largest absolute Gasteiger partial charge is 0.481 e. The summed E-state index contributed by atoms with van der Waals surface area (Å²) in [4.78, 5) is 24.6. The molecule has 2 amide bonds. The Bertz CT molecular complexity index is 636. The maximum absolute atomic E-state index is 12.4. The van der Waals surface area contributed by atoms with E-state index in [0.29, 0.717) is 24.6 Å². The standard InChI is InChI=1S/C21H30N2O4/c1-14(27-17-6-4-3-5-7-17)20(24)22-11-10-16-12-15-8-9-18(26-2)13-19(15)23-21(16)25/h3-7,14-16,18-19H,8-13H2,1-2H3,(H,22,24)(H,23,25). The molecule has 2 aliphatic rings. The van der Waals surface area contributed by atoms with E-state index in [1.807, 2.05) is 30.3 Å². The first kappa shape index (κ1) is 19.7. The van der Waals surface area contributed by atoms with Gasteiger partial charge >= 0.3 is 0 Å². The average Bonchev–Trinajstić information content (AvgIpc) is 2.68. The van der Waals surface area contributed by atoms with Gasteiger partial charge in [-0.05, 0) is 57.1 Å². The summed E-state index contributed by atoms with van der Waals surface area (Å²) in [5.41, 5.74) is 0. The van der Waals surface area contributed by atoms with E-state index in [0.717, 1.165) is 25.7 Å². The third kappa shape index (κ3) is 5.22. The summed E-state index contributed by atoms with van der Waals surface area (Å²) in [5.74, 6) is 1.11. The van der Waals surface area contributed by atoms with Gasteiger partial charge in [0.1, 0.15) is 5.75 Å². The first-order valence-corrected chi connectivity index (χ1v) is 9.89. The molecule has 0 aromatic heterocycles. The van der Waals surface area contributed by atoms with Gasteiger partial charge in [-0.25, -0.2) is 0 Å². The van der Waals surface area contributed by atoms with Gasteiger partial charge in [0.05, 0.1) is 6.10 Å². The first-order chi connectivity index (χ1) is 13.1. The van der Waals surface area contributed by atoms with Crippen LogP contribution in [0.4, 0.5) is 0 Å². The summed E-state index contributed by atoms with van der Waals surface area (Å²) < 4.78 is 11.1. The maximum atomic E-state index is 12.4. The third-order valence-corrected chi connectivity index (χ3v) is 5.78. The molecule has 6 heteroatoms. The molecule has 1 aromatic rings. The quantitative estimate of drug-likeness (QED) is 0.768. The van der Waals surface area contributed by atoms with Crippen molar-refractivity contribution >= 4 is 11.8 Å². The van der Waals surface area contributed by atoms with Gasteiger partial charge in [0.15, 0.2) is 6.10 Å². The van der Waals surface area contributed by atoms with Crippen LogP contribution in [0.1, 0.15) is 39.0 Å². The fraction of sp³-hybridized carbons (Fsp3) is 0.619. The van der Waals surface area contributed by atoms with E-state index in [1.165, 1.54) is 0 Å². The molecule has 2 fully saturated rings. The van der Waals surface area contributed by atoms with Crippen molar-refractivity contribution in [3.63, 3.8) is 0 Å². The monoisotopic (exact) mass is 374 g/mol. The molecule has 27 heavy (non-hydrogen) atoms. The van der Waals surface area contributed by atoms with Crippen LogP contribution in [0.25, 0.3) is 0 Å². The molecule has 148 valence electrons. The number of hydrogen-bond acceptors (Lipinski definition) is 4. The minimum Gasteiger partial charge on any atom is -0.481 e. The van der Waals surface area contributed by atoms with Crippen LogP contribution < -0.4 is 15.4 Å². The number of hydrogen-bond donors (Lipinski definition) is 2. The molecule has 0 bridgehead atoms. The predicted molar refractivity (Wildman–Crippen MR) is 102 cm³/mol. The van der Waals surface area contributed by atoms with Gasteiger partial charge in [-0.2, -0.15) is 0 Å². The molecule has 6 nitrogen and oxygen atoms in total. The van der Waals surface area contributed by atoms with Gasteiger partial charge in [-0.15, -0.1) is 0 Å². The highest BCUT2D eigenvalue weighted by molar-refractivity contribution is 5.81. The van der Waals surface area contributed by atoms with Crippen LogP contribution in [-0.2, 0) is 14.3 Å². The fourth-order valence-corrected chi connectivity index (χ4v) is 4.16. The number of methoxy groups -OCH3 is 1. The Morgan fingerprint density at radius 2 is 2.04 bits per heavy atom. The van der Waals surface area contributed by atoms with E-state index in [9.17, 15) is 9.59 Å². The van der Waals surface area contributed by atoms with Crippen LogP contribution in [0.5, 0.6) is 5.75 Å². The summed E-state index contributed by atoms with van der Waals surface area (Å²) in [6.45, 7) is 2.21. The first-order valence-electron chi connectivity index (χ1n) is 9.89. The van der Waals surface area contributed by atoms with Crippen molar-refractivity contribution in [1.82, 2.24) is 10.6 Å². The molecule has 0 spiro atoms. The van der Waals surface area contributed by atoms with Crippen molar-refractivity contribution < 1.29 is 19.1 Å². The second-order valence-corrected chi connectivity index (χ2v) is 7.63. The summed E-state index contributed by atoms with van der Waals surface area (Å²) >= 11 is 0. The Morgan fingerprint density at radius 3 is 2.78 bits per heavy atom. The normalized spacial score (nSPS) is 28.6. The maximum Gasteiger partial charge on any atom is 0.260 e. The molecular formula is C21H30N2O4. The Hall–Kier alpha value is -2.08. The zero-order valence-electron chi connectivity index (χ0n) is 16.1. The minimum absolute atomic E-state index is 0.0315. The molecule has 1 aliphatic carbocycles. The number of piperidine rings is 1. The van der Waals surface area contributed by atoms with E-state index in [1.54, 1.807) is 14.0 Å². The lowest BCUT2D eigenvalue weighted by Crippen LogP contribution is -2.53.